The molecule has 0 spiro atoms. The molecule has 6 nitrogen and oxygen atoms in total. The molecule has 0 saturated carbocycles. The summed E-state index contributed by atoms with van der Waals surface area (Å²) >= 11 is 0. The van der Waals surface area contributed by atoms with Gasteiger partial charge in [0.1, 0.15) is 6.54 Å². The Labute approximate surface area is 151 Å². The van der Waals surface area contributed by atoms with Crippen LogP contribution in [-0.2, 0) is 20.9 Å². The second-order valence-electron chi connectivity index (χ2n) is 6.01. The van der Waals surface area contributed by atoms with Gasteiger partial charge in [0.15, 0.2) is 6.61 Å². The lowest BCUT2D eigenvalue weighted by Gasteiger charge is -2.26. The van der Waals surface area contributed by atoms with Crippen LogP contribution in [0.3, 0.4) is 0 Å². The van der Waals surface area contributed by atoms with Gasteiger partial charge in [-0.2, -0.15) is 0 Å². The van der Waals surface area contributed by atoms with E-state index < -0.39 is 5.97 Å². The van der Waals surface area contributed by atoms with Crippen LogP contribution in [0, 0.1) is 0 Å². The number of esters is 1. The van der Waals surface area contributed by atoms with Crippen molar-refractivity contribution in [3.8, 4) is 0 Å². The molecule has 0 aliphatic carbocycles. The van der Waals surface area contributed by atoms with Crippen LogP contribution in [0.5, 0.6) is 0 Å². The van der Waals surface area contributed by atoms with Gasteiger partial charge in [-0.25, -0.2) is 0 Å². The highest BCUT2D eigenvalue weighted by atomic mass is 16.5. The number of aromatic nitrogens is 1. The van der Waals surface area contributed by atoms with E-state index in [0.29, 0.717) is 13.1 Å². The van der Waals surface area contributed by atoms with Crippen LogP contribution in [0.25, 0.3) is 5.57 Å². The van der Waals surface area contributed by atoms with Crippen LogP contribution in [0.4, 0.5) is 0 Å². The first-order valence-electron chi connectivity index (χ1n) is 8.47. The first-order valence-corrected chi connectivity index (χ1v) is 8.47. The lowest BCUT2D eigenvalue weighted by atomic mass is 10.00. The van der Waals surface area contributed by atoms with E-state index in [0.717, 1.165) is 6.42 Å². The van der Waals surface area contributed by atoms with Crippen molar-refractivity contribution < 1.29 is 14.3 Å². The van der Waals surface area contributed by atoms with Crippen LogP contribution >= 0.6 is 0 Å². The summed E-state index contributed by atoms with van der Waals surface area (Å²) in [5, 5.41) is 0. The van der Waals surface area contributed by atoms with Crippen LogP contribution in [-0.4, -0.2) is 41.0 Å². The molecular formula is C20H20N2O4. The normalized spacial score (nSPS) is 13.8. The highest BCUT2D eigenvalue weighted by Crippen LogP contribution is 2.21. The number of carbonyl (C=O) groups excluding carboxylic acids is 2. The van der Waals surface area contributed by atoms with Crippen molar-refractivity contribution in [2.45, 2.75) is 13.0 Å². The Morgan fingerprint density at radius 2 is 1.81 bits per heavy atom. The average molecular weight is 352 g/mol. The SMILES string of the molecule is O=C(Cn1ccccc1=O)OCC(=O)N1CC=C(c2ccccc2)CC1. The van der Waals surface area contributed by atoms with E-state index in [-0.39, 0.29) is 24.6 Å². The van der Waals surface area contributed by atoms with E-state index in [1.54, 1.807) is 17.0 Å². The van der Waals surface area contributed by atoms with E-state index in [9.17, 15) is 14.4 Å². The molecule has 134 valence electrons. The summed E-state index contributed by atoms with van der Waals surface area (Å²) in [7, 11) is 0. The fourth-order valence-electron chi connectivity index (χ4n) is 2.82. The standard InChI is InChI=1S/C20H20N2O4/c23-18-8-4-5-11-22(18)14-20(25)26-15-19(24)21-12-9-17(10-13-21)16-6-2-1-3-7-16/h1-9,11H,10,12-15H2. The minimum atomic E-state index is -0.607. The van der Waals surface area contributed by atoms with Gasteiger partial charge in [0, 0.05) is 25.4 Å². The van der Waals surface area contributed by atoms with Crippen LogP contribution in [0.1, 0.15) is 12.0 Å². The number of rotatable bonds is 5. The monoisotopic (exact) mass is 352 g/mol. The van der Waals surface area contributed by atoms with Crippen LogP contribution in [0.15, 0.2) is 65.6 Å². The second-order valence-corrected chi connectivity index (χ2v) is 6.01. The smallest absolute Gasteiger partial charge is 0.326 e. The Bertz CT molecular complexity index is 871. The molecule has 2 heterocycles. The summed E-state index contributed by atoms with van der Waals surface area (Å²) in [6.07, 6.45) is 4.30. The number of ether oxygens (including phenoxy) is 1. The lowest BCUT2D eigenvalue weighted by molar-refractivity contribution is -0.152. The Hall–Kier alpha value is -3.15. The van der Waals surface area contributed by atoms with Gasteiger partial charge < -0.3 is 14.2 Å². The number of pyridine rings is 1. The van der Waals surface area contributed by atoms with E-state index in [1.807, 2.05) is 24.3 Å². The van der Waals surface area contributed by atoms with E-state index >= 15 is 0 Å². The van der Waals surface area contributed by atoms with Crippen molar-refractivity contribution in [1.29, 1.82) is 0 Å². The second kappa shape index (κ2) is 8.29. The highest BCUT2D eigenvalue weighted by Gasteiger charge is 2.19. The topological polar surface area (TPSA) is 68.6 Å². The highest BCUT2D eigenvalue weighted by molar-refractivity contribution is 5.81. The van der Waals surface area contributed by atoms with Crippen LogP contribution < -0.4 is 5.56 Å². The van der Waals surface area contributed by atoms with Gasteiger partial charge in [0.2, 0.25) is 0 Å². The van der Waals surface area contributed by atoms with E-state index in [2.05, 4.69) is 12.1 Å². The van der Waals surface area contributed by atoms with Gasteiger partial charge in [-0.3, -0.25) is 14.4 Å². The minimum absolute atomic E-state index is 0.203. The molecule has 0 N–H and O–H groups in total. The molecule has 1 aliphatic heterocycles. The Morgan fingerprint density at radius 1 is 1.04 bits per heavy atom. The summed E-state index contributed by atoms with van der Waals surface area (Å²) in [6.45, 7) is 0.577. The maximum atomic E-state index is 12.2. The number of carbonyl (C=O) groups is 2. The van der Waals surface area contributed by atoms with Gasteiger partial charge in [-0.05, 0) is 23.6 Å². The maximum Gasteiger partial charge on any atom is 0.326 e. The summed E-state index contributed by atoms with van der Waals surface area (Å²) in [5.41, 5.74) is 2.10. The predicted octanol–water partition coefficient (Wildman–Crippen LogP) is 1.71. The Morgan fingerprint density at radius 3 is 2.50 bits per heavy atom. The fraction of sp³-hybridized carbons (Fsp3) is 0.250. The molecule has 6 heteroatoms. The molecular weight excluding hydrogens is 332 g/mol. The van der Waals surface area contributed by atoms with Gasteiger partial charge >= 0.3 is 5.97 Å². The predicted molar refractivity (Wildman–Crippen MR) is 97.3 cm³/mol. The molecule has 0 unspecified atom stereocenters. The minimum Gasteiger partial charge on any atom is -0.454 e. The molecule has 0 saturated heterocycles. The van der Waals surface area contributed by atoms with Gasteiger partial charge in [-0.15, -0.1) is 0 Å². The summed E-state index contributed by atoms with van der Waals surface area (Å²) in [4.78, 5) is 37.3. The number of benzene rings is 1. The van der Waals surface area contributed by atoms with E-state index in [4.69, 9.17) is 4.74 Å². The van der Waals surface area contributed by atoms with E-state index in [1.165, 1.54) is 28.0 Å². The largest absolute Gasteiger partial charge is 0.454 e. The van der Waals surface area contributed by atoms with Crippen LogP contribution in [0.2, 0.25) is 0 Å². The number of amides is 1. The molecule has 1 amide bonds. The zero-order valence-electron chi connectivity index (χ0n) is 14.3. The molecule has 26 heavy (non-hydrogen) atoms. The van der Waals surface area contributed by atoms with Gasteiger partial charge in [0.25, 0.3) is 11.5 Å². The number of hydrogen-bond acceptors (Lipinski definition) is 4. The summed E-state index contributed by atoms with van der Waals surface area (Å²) in [6, 6.07) is 14.7. The molecule has 0 fully saturated rings. The van der Waals surface area contributed by atoms with Crippen molar-refractivity contribution in [3.05, 3.63) is 76.7 Å². The molecule has 1 aliphatic rings. The first kappa shape index (κ1) is 17.7. The Kier molecular flexibility index (Phi) is 5.63. The lowest BCUT2D eigenvalue weighted by Crippen LogP contribution is -2.38. The van der Waals surface area contributed by atoms with Crippen molar-refractivity contribution >= 4 is 17.4 Å². The molecule has 1 aromatic carbocycles. The first-order chi connectivity index (χ1) is 12.6. The van der Waals surface area contributed by atoms with Crippen molar-refractivity contribution in [2.24, 2.45) is 0 Å². The molecule has 0 bridgehead atoms. The maximum absolute atomic E-state index is 12.2. The third-order valence-electron chi connectivity index (χ3n) is 4.26. The molecule has 0 radical (unpaired) electrons. The molecule has 2 aromatic rings. The summed E-state index contributed by atoms with van der Waals surface area (Å²) < 4.78 is 6.26. The molecule has 1 aromatic heterocycles. The molecule has 0 atom stereocenters. The summed E-state index contributed by atoms with van der Waals surface area (Å²) in [5.74, 6) is -0.841. The van der Waals surface area contributed by atoms with Gasteiger partial charge in [-0.1, -0.05) is 42.5 Å². The molecule has 3 rings (SSSR count). The number of hydrogen-bond donors (Lipinski definition) is 0. The van der Waals surface area contributed by atoms with Crippen molar-refractivity contribution in [1.82, 2.24) is 9.47 Å². The van der Waals surface area contributed by atoms with Crippen molar-refractivity contribution in [2.75, 3.05) is 19.7 Å². The zero-order valence-corrected chi connectivity index (χ0v) is 14.3. The zero-order chi connectivity index (χ0) is 18.4. The average Bonchev–Trinajstić information content (AvgIpc) is 2.69. The fourth-order valence-corrected chi connectivity index (χ4v) is 2.82. The number of nitrogens with zero attached hydrogens (tertiary/aromatic N) is 2. The quantitative estimate of drug-likeness (QED) is 0.768. The third-order valence-corrected chi connectivity index (χ3v) is 4.26. The van der Waals surface area contributed by atoms with Gasteiger partial charge in [0.05, 0.1) is 0 Å². The third kappa shape index (κ3) is 4.47. The Balaban J connectivity index is 1.49. The van der Waals surface area contributed by atoms with Crippen molar-refractivity contribution in [3.63, 3.8) is 0 Å².